The highest BCUT2D eigenvalue weighted by Gasteiger charge is 2.53. The molecule has 2 aliphatic heterocycles. The maximum Gasteiger partial charge on any atom is 0.140 e. The summed E-state index contributed by atoms with van der Waals surface area (Å²) in [5.74, 6) is 3.41. The summed E-state index contributed by atoms with van der Waals surface area (Å²) in [5, 5.41) is 17.2. The van der Waals surface area contributed by atoms with E-state index < -0.39 is 10.8 Å². The van der Waals surface area contributed by atoms with Gasteiger partial charge in [0.15, 0.2) is 0 Å². The fourth-order valence-electron chi connectivity index (χ4n) is 21.2. The van der Waals surface area contributed by atoms with Crippen molar-refractivity contribution in [3.05, 3.63) is 469 Å². The average Bonchev–Trinajstić information content (AvgIpc) is 1.49. The summed E-state index contributed by atoms with van der Waals surface area (Å²) in [6.45, 7) is 0. The number of rotatable bonds is 9. The Morgan fingerprint density at radius 3 is 1.09 bits per heavy atom. The van der Waals surface area contributed by atoms with Crippen molar-refractivity contribution in [3.63, 3.8) is 0 Å². The van der Waals surface area contributed by atoms with Crippen molar-refractivity contribution in [2.75, 3.05) is 9.80 Å². The van der Waals surface area contributed by atoms with Crippen molar-refractivity contribution in [3.8, 4) is 78.6 Å². The number of benzene rings is 21. The van der Waals surface area contributed by atoms with Gasteiger partial charge in [0.1, 0.15) is 23.0 Å². The predicted molar refractivity (Wildman–Crippen MR) is 489 cm³/mol. The molecule has 1 unspecified atom stereocenters. The number of para-hydroxylation sites is 3. The molecule has 0 aromatic heterocycles. The van der Waals surface area contributed by atoms with Crippen LogP contribution in [0.15, 0.2) is 425 Å². The molecule has 2 aliphatic carbocycles. The second-order valence-corrected chi connectivity index (χ2v) is 31.9. The van der Waals surface area contributed by atoms with E-state index in [9.17, 15) is 0 Å². The molecular weight excluding hydrogens is 1430 g/mol. The highest BCUT2D eigenvalue weighted by molar-refractivity contribution is 6.27. The van der Waals surface area contributed by atoms with Crippen LogP contribution in [0.4, 0.5) is 34.1 Å². The van der Waals surface area contributed by atoms with E-state index in [1.807, 2.05) is 0 Å². The zero-order valence-corrected chi connectivity index (χ0v) is 64.1. The van der Waals surface area contributed by atoms with Crippen molar-refractivity contribution < 1.29 is 9.47 Å². The van der Waals surface area contributed by atoms with Crippen LogP contribution in [0.2, 0.25) is 0 Å². The minimum Gasteiger partial charge on any atom is -0.457 e. The zero-order chi connectivity index (χ0) is 77.3. The van der Waals surface area contributed by atoms with Crippen molar-refractivity contribution in [1.29, 1.82) is 0 Å². The van der Waals surface area contributed by atoms with E-state index in [4.69, 9.17) is 9.47 Å². The number of hydrogen-bond acceptors (Lipinski definition) is 4. The highest BCUT2D eigenvalue weighted by Crippen LogP contribution is 2.66. The molecule has 1 atom stereocenters. The fourth-order valence-corrected chi connectivity index (χ4v) is 21.2. The van der Waals surface area contributed by atoms with Gasteiger partial charge in [-0.25, -0.2) is 0 Å². The van der Waals surface area contributed by atoms with Gasteiger partial charge in [0.2, 0.25) is 0 Å². The Balaban J connectivity index is 0.613. The first kappa shape index (κ1) is 66.1. The van der Waals surface area contributed by atoms with Crippen LogP contribution in [0.1, 0.15) is 44.5 Å². The smallest absolute Gasteiger partial charge is 0.140 e. The van der Waals surface area contributed by atoms with Crippen LogP contribution in [-0.4, -0.2) is 0 Å². The van der Waals surface area contributed by atoms with E-state index >= 15 is 0 Å². The lowest BCUT2D eigenvalue weighted by Gasteiger charge is -2.40. The number of fused-ring (bicyclic) bond motifs is 31. The first-order valence-corrected chi connectivity index (χ1v) is 40.8. The Bertz CT molecular complexity index is 7730. The fraction of sp³-hybridized carbons (Fsp3) is 0.0175. The number of nitrogens with zero attached hydrogens (tertiary/aromatic N) is 2. The molecule has 2 heterocycles. The lowest BCUT2D eigenvalue weighted by atomic mass is 9.65. The third-order valence-corrected chi connectivity index (χ3v) is 26.1. The average molecular weight is 1500 g/mol. The summed E-state index contributed by atoms with van der Waals surface area (Å²) in [7, 11) is 0. The van der Waals surface area contributed by atoms with Gasteiger partial charge < -0.3 is 19.3 Å². The van der Waals surface area contributed by atoms with Crippen molar-refractivity contribution in [1.82, 2.24) is 0 Å². The van der Waals surface area contributed by atoms with Gasteiger partial charge in [0.25, 0.3) is 0 Å². The van der Waals surface area contributed by atoms with Crippen molar-refractivity contribution in [2.24, 2.45) is 0 Å². The molecule has 0 fully saturated rings. The third kappa shape index (κ3) is 9.48. The molecule has 0 saturated carbocycles. The molecule has 0 radical (unpaired) electrons. The minimum atomic E-state index is -0.739. The third-order valence-electron chi connectivity index (χ3n) is 26.1. The van der Waals surface area contributed by atoms with Crippen molar-refractivity contribution in [2.45, 2.75) is 10.8 Å². The Morgan fingerprint density at radius 1 is 0.169 bits per heavy atom. The van der Waals surface area contributed by atoms with E-state index in [-0.39, 0.29) is 0 Å². The quantitative estimate of drug-likeness (QED) is 0.135. The van der Waals surface area contributed by atoms with Gasteiger partial charge in [0, 0.05) is 61.9 Å². The van der Waals surface area contributed by atoms with Crippen LogP contribution in [0.3, 0.4) is 0 Å². The molecule has 0 amide bonds. The lowest BCUT2D eigenvalue weighted by molar-refractivity contribution is 0.436. The van der Waals surface area contributed by atoms with Gasteiger partial charge in [-0.3, -0.25) is 0 Å². The SMILES string of the molecule is c1cc(-c2ccc3c(c2)Oc2ccccc2C32c3ccccc3-c3ccccc32)cc(N(c2ccc(-c3cccc4c3Oc3ccccc3C43c4ccccc4-c4c(-c5ccc(N(c6ccc7ccccc7c6)c6ccc7c8ccccc8c8ccccc8c7c6)cc5)cccc43)cc2)c2ccc3c4ccccc4c4ccccc4c3c2)c1. The topological polar surface area (TPSA) is 24.9 Å². The standard InChI is InChI=1S/C114H70N2O2/c1-2-25-74-66-80(60-50-71(74)24-1)116(82-62-64-94-90-33-6-4-29-86(90)88-31-8-10-35-92(88)99(94)70-82)78-56-51-72(52-57-78)83-39-22-46-106-111(83)97-38-13-16-43-102(97)114(106)104-45-18-20-49-109(104)118-112-84(40-23-47-107(112)114)73-53-58-77(59-54-73)115(81-61-63-93-89-32-5-3-28-85(89)87-30-7-9-34-91(87)98(93)69-81)79-27-21-26-75(67-79)76-55-65-105-110(68-76)117-108-48-19-17-44-103(108)113(105)100-41-14-11-36-95(100)96-37-12-15-42-101(96)113/h1-70H. The first-order chi connectivity index (χ1) is 58.5. The van der Waals surface area contributed by atoms with E-state index in [0.717, 1.165) is 107 Å². The maximum absolute atomic E-state index is 7.45. The Kier molecular flexibility index (Phi) is 14.3. The molecule has 21 aromatic carbocycles. The van der Waals surface area contributed by atoms with Gasteiger partial charge in [-0.1, -0.05) is 334 Å². The molecule has 548 valence electrons. The van der Waals surface area contributed by atoms with Crippen LogP contribution >= 0.6 is 0 Å². The molecule has 0 N–H and O–H groups in total. The van der Waals surface area contributed by atoms with Gasteiger partial charge >= 0.3 is 0 Å². The van der Waals surface area contributed by atoms with E-state index in [1.54, 1.807) is 0 Å². The van der Waals surface area contributed by atoms with Gasteiger partial charge in [0.05, 0.1) is 10.8 Å². The van der Waals surface area contributed by atoms with Crippen molar-refractivity contribution >= 4 is 110 Å². The Hall–Kier alpha value is -15.4. The largest absolute Gasteiger partial charge is 0.457 e. The van der Waals surface area contributed by atoms with Crippen LogP contribution in [-0.2, 0) is 10.8 Å². The number of anilines is 6. The van der Waals surface area contributed by atoms with Crippen LogP contribution in [0.5, 0.6) is 23.0 Å². The molecule has 25 rings (SSSR count). The molecule has 118 heavy (non-hydrogen) atoms. The molecule has 0 saturated heterocycles. The minimum absolute atomic E-state index is 0.560. The molecular formula is C114H70N2O2. The predicted octanol–water partition coefficient (Wildman–Crippen LogP) is 30.6. The lowest BCUT2D eigenvalue weighted by Crippen LogP contribution is -2.32. The monoisotopic (exact) mass is 1500 g/mol. The van der Waals surface area contributed by atoms with Gasteiger partial charge in [-0.05, 0) is 239 Å². The second-order valence-electron chi connectivity index (χ2n) is 31.9. The zero-order valence-electron chi connectivity index (χ0n) is 64.1. The highest BCUT2D eigenvalue weighted by atomic mass is 16.5. The molecule has 21 aromatic rings. The summed E-state index contributed by atoms with van der Waals surface area (Å²) in [6, 6.07) is 157. The molecule has 4 nitrogen and oxygen atoms in total. The van der Waals surface area contributed by atoms with Crippen LogP contribution in [0.25, 0.3) is 131 Å². The maximum atomic E-state index is 7.45. The summed E-state index contributed by atoms with van der Waals surface area (Å²) < 4.78 is 14.6. The summed E-state index contributed by atoms with van der Waals surface area (Å²) in [6.07, 6.45) is 0. The summed E-state index contributed by atoms with van der Waals surface area (Å²) in [5.41, 5.74) is 26.0. The van der Waals surface area contributed by atoms with Crippen LogP contribution in [0, 0.1) is 0 Å². The molecule has 4 heteroatoms. The van der Waals surface area contributed by atoms with Gasteiger partial charge in [-0.15, -0.1) is 0 Å². The van der Waals surface area contributed by atoms with Crippen LogP contribution < -0.4 is 19.3 Å². The summed E-state index contributed by atoms with van der Waals surface area (Å²) >= 11 is 0. The Labute approximate surface area is 682 Å². The molecule has 2 spiro atoms. The first-order valence-electron chi connectivity index (χ1n) is 40.8. The summed E-state index contributed by atoms with van der Waals surface area (Å²) in [4.78, 5) is 4.86. The van der Waals surface area contributed by atoms with E-state index in [0.29, 0.717) is 0 Å². The molecule has 4 aliphatic rings. The number of ether oxygens (including phenoxy) is 2. The second kappa shape index (κ2) is 25.6. The van der Waals surface area contributed by atoms with Gasteiger partial charge in [-0.2, -0.15) is 0 Å². The molecule has 0 bridgehead atoms. The van der Waals surface area contributed by atoms with E-state index in [2.05, 4.69) is 434 Å². The Morgan fingerprint density at radius 2 is 0.525 bits per heavy atom. The van der Waals surface area contributed by atoms with E-state index in [1.165, 1.54) is 125 Å². The normalized spacial score (nSPS) is 14.2. The number of hydrogen-bond donors (Lipinski definition) is 0.